The second-order valence-corrected chi connectivity index (χ2v) is 5.39. The van der Waals surface area contributed by atoms with E-state index in [9.17, 15) is 0 Å². The summed E-state index contributed by atoms with van der Waals surface area (Å²) in [6.45, 7) is 4.01. The number of aliphatic hydroxyl groups is 1. The molecule has 0 heterocycles. The minimum atomic E-state index is -0.336. The molecule has 1 rings (SSSR count). The summed E-state index contributed by atoms with van der Waals surface area (Å²) in [6, 6.07) is 0. The highest BCUT2D eigenvalue weighted by Crippen LogP contribution is 2.44. The van der Waals surface area contributed by atoms with Gasteiger partial charge in [0.05, 0.1) is 6.10 Å². The van der Waals surface area contributed by atoms with Gasteiger partial charge in [0.25, 0.3) is 0 Å². The van der Waals surface area contributed by atoms with E-state index in [0.29, 0.717) is 0 Å². The molecular weight excluding hydrogens is 220 g/mol. The summed E-state index contributed by atoms with van der Waals surface area (Å²) >= 11 is 0. The number of hydrogen-bond acceptors (Lipinski definition) is 1. The summed E-state index contributed by atoms with van der Waals surface area (Å²) in [5.74, 6) is 1.82. The molecule has 0 saturated heterocycles. The molecule has 1 N–H and O–H groups in total. The maximum absolute atomic E-state index is 9.05. The van der Waals surface area contributed by atoms with Gasteiger partial charge in [0, 0.05) is 0 Å². The summed E-state index contributed by atoms with van der Waals surface area (Å²) in [7, 11) is 0. The molecule has 0 spiro atoms. The lowest BCUT2D eigenvalue weighted by Crippen LogP contribution is -1.90. The van der Waals surface area contributed by atoms with Crippen molar-refractivity contribution < 1.29 is 5.11 Å². The van der Waals surface area contributed by atoms with Gasteiger partial charge in [-0.25, -0.2) is 0 Å². The average molecular weight is 248 g/mol. The largest absolute Gasteiger partial charge is 0.389 e. The highest BCUT2D eigenvalue weighted by Gasteiger charge is 2.34. The Morgan fingerprint density at radius 1 is 1.11 bits per heavy atom. The number of unbranched alkanes of at least 4 members (excludes halogenated alkanes) is 2. The van der Waals surface area contributed by atoms with E-state index in [1.54, 1.807) is 13.0 Å². The van der Waals surface area contributed by atoms with Crippen LogP contribution in [-0.2, 0) is 0 Å². The van der Waals surface area contributed by atoms with Crippen LogP contribution in [0.5, 0.6) is 0 Å². The zero-order valence-corrected chi connectivity index (χ0v) is 11.9. The first-order valence-electron chi connectivity index (χ1n) is 7.40. The predicted molar refractivity (Wildman–Crippen MR) is 79.5 cm³/mol. The standard InChI is InChI=1S/C17H28O/c1-3-4-5-6-9-12-16-14-17(16)13-10-7-8-11-15(2)18/h6-11,15-18H,3-5,12-14H2,1-2H3/b9-6-,10-7-,11-8+/t15-,16+,17+/m0/s1. The fourth-order valence-corrected chi connectivity index (χ4v) is 2.16. The average Bonchev–Trinajstić information content (AvgIpc) is 3.07. The molecule has 3 atom stereocenters. The first kappa shape index (κ1) is 15.2. The smallest absolute Gasteiger partial charge is 0.0695 e. The molecule has 0 aromatic heterocycles. The van der Waals surface area contributed by atoms with E-state index in [-0.39, 0.29) is 6.10 Å². The summed E-state index contributed by atoms with van der Waals surface area (Å²) in [6.07, 6.45) is 20.1. The summed E-state index contributed by atoms with van der Waals surface area (Å²) < 4.78 is 0. The van der Waals surface area contributed by atoms with Crippen LogP contribution in [0.3, 0.4) is 0 Å². The molecule has 0 bridgehead atoms. The van der Waals surface area contributed by atoms with E-state index in [0.717, 1.165) is 11.8 Å². The SMILES string of the molecule is CCCC/C=C\C[C@@H]1C[C@H]1C/C=C\C=C\[C@H](C)O. The van der Waals surface area contributed by atoms with Crippen molar-refractivity contribution in [1.29, 1.82) is 0 Å². The number of aliphatic hydroxyl groups excluding tert-OH is 1. The number of hydrogen-bond donors (Lipinski definition) is 1. The molecule has 0 amide bonds. The van der Waals surface area contributed by atoms with Gasteiger partial charge in [-0.3, -0.25) is 0 Å². The lowest BCUT2D eigenvalue weighted by atomic mass is 10.1. The van der Waals surface area contributed by atoms with Crippen molar-refractivity contribution >= 4 is 0 Å². The highest BCUT2D eigenvalue weighted by atomic mass is 16.3. The molecule has 1 nitrogen and oxygen atoms in total. The first-order chi connectivity index (χ1) is 8.74. The van der Waals surface area contributed by atoms with Crippen LogP contribution in [0.4, 0.5) is 0 Å². The summed E-state index contributed by atoms with van der Waals surface area (Å²) in [5, 5.41) is 9.05. The molecular formula is C17H28O. The third-order valence-corrected chi connectivity index (χ3v) is 3.47. The molecule has 1 saturated carbocycles. The molecule has 1 aliphatic rings. The van der Waals surface area contributed by atoms with Crippen molar-refractivity contribution in [3.8, 4) is 0 Å². The van der Waals surface area contributed by atoms with Crippen LogP contribution in [0.25, 0.3) is 0 Å². The van der Waals surface area contributed by atoms with Crippen molar-refractivity contribution in [2.45, 2.75) is 58.5 Å². The van der Waals surface area contributed by atoms with E-state index in [2.05, 4.69) is 31.2 Å². The van der Waals surface area contributed by atoms with Gasteiger partial charge in [-0.1, -0.05) is 56.2 Å². The molecule has 18 heavy (non-hydrogen) atoms. The van der Waals surface area contributed by atoms with Crippen molar-refractivity contribution in [3.05, 3.63) is 36.5 Å². The van der Waals surface area contributed by atoms with Crippen molar-refractivity contribution in [2.75, 3.05) is 0 Å². The lowest BCUT2D eigenvalue weighted by Gasteiger charge is -1.93. The second kappa shape index (κ2) is 9.16. The van der Waals surface area contributed by atoms with Crippen LogP contribution >= 0.6 is 0 Å². The molecule has 102 valence electrons. The Morgan fingerprint density at radius 2 is 1.83 bits per heavy atom. The zero-order valence-electron chi connectivity index (χ0n) is 11.9. The summed E-state index contributed by atoms with van der Waals surface area (Å²) in [4.78, 5) is 0. The number of rotatable bonds is 9. The van der Waals surface area contributed by atoms with E-state index in [1.807, 2.05) is 6.08 Å². The van der Waals surface area contributed by atoms with Crippen molar-refractivity contribution in [1.82, 2.24) is 0 Å². The quantitative estimate of drug-likeness (QED) is 0.358. The molecule has 1 fully saturated rings. The van der Waals surface area contributed by atoms with Crippen LogP contribution in [0.2, 0.25) is 0 Å². The third kappa shape index (κ3) is 7.50. The van der Waals surface area contributed by atoms with Crippen LogP contribution < -0.4 is 0 Å². The zero-order chi connectivity index (χ0) is 13.2. The summed E-state index contributed by atoms with van der Waals surface area (Å²) in [5.41, 5.74) is 0. The van der Waals surface area contributed by atoms with Gasteiger partial charge in [-0.15, -0.1) is 0 Å². The van der Waals surface area contributed by atoms with E-state index >= 15 is 0 Å². The molecule has 0 aliphatic heterocycles. The maximum atomic E-state index is 9.05. The minimum absolute atomic E-state index is 0.336. The van der Waals surface area contributed by atoms with Gasteiger partial charge in [-0.2, -0.15) is 0 Å². The molecule has 0 unspecified atom stereocenters. The van der Waals surface area contributed by atoms with Crippen LogP contribution in [0.1, 0.15) is 52.4 Å². The van der Waals surface area contributed by atoms with Crippen molar-refractivity contribution in [3.63, 3.8) is 0 Å². The minimum Gasteiger partial charge on any atom is -0.389 e. The fraction of sp³-hybridized carbons (Fsp3) is 0.647. The molecule has 1 heteroatoms. The monoisotopic (exact) mass is 248 g/mol. The number of allylic oxidation sites excluding steroid dienone is 5. The Kier molecular flexibility index (Phi) is 7.75. The third-order valence-electron chi connectivity index (χ3n) is 3.47. The topological polar surface area (TPSA) is 20.2 Å². The van der Waals surface area contributed by atoms with Gasteiger partial charge >= 0.3 is 0 Å². The Balaban J connectivity index is 2.02. The molecule has 0 aromatic rings. The predicted octanol–water partition coefficient (Wildman–Crippen LogP) is 4.64. The second-order valence-electron chi connectivity index (χ2n) is 5.39. The first-order valence-corrected chi connectivity index (χ1v) is 7.40. The Morgan fingerprint density at radius 3 is 2.50 bits per heavy atom. The Labute approximate surface area is 112 Å². The highest BCUT2D eigenvalue weighted by molar-refractivity contribution is 5.06. The molecule has 1 aliphatic carbocycles. The van der Waals surface area contributed by atoms with E-state index in [1.165, 1.54) is 38.5 Å². The van der Waals surface area contributed by atoms with Gasteiger partial charge in [0.1, 0.15) is 0 Å². The van der Waals surface area contributed by atoms with Crippen LogP contribution in [-0.4, -0.2) is 11.2 Å². The van der Waals surface area contributed by atoms with E-state index < -0.39 is 0 Å². The lowest BCUT2D eigenvalue weighted by molar-refractivity contribution is 0.244. The maximum Gasteiger partial charge on any atom is 0.0695 e. The van der Waals surface area contributed by atoms with Crippen molar-refractivity contribution in [2.24, 2.45) is 11.8 Å². The van der Waals surface area contributed by atoms with Gasteiger partial charge in [-0.05, 0) is 44.4 Å². The van der Waals surface area contributed by atoms with Gasteiger partial charge < -0.3 is 5.11 Å². The molecule has 0 aromatic carbocycles. The normalized spacial score (nSPS) is 25.5. The van der Waals surface area contributed by atoms with Gasteiger partial charge in [0.2, 0.25) is 0 Å². The molecule has 0 radical (unpaired) electrons. The van der Waals surface area contributed by atoms with E-state index in [4.69, 9.17) is 5.11 Å². The fourth-order valence-electron chi connectivity index (χ4n) is 2.16. The van der Waals surface area contributed by atoms with Crippen LogP contribution in [0, 0.1) is 11.8 Å². The Hall–Kier alpha value is -0.820. The Bertz CT molecular complexity index is 286. The van der Waals surface area contributed by atoms with Gasteiger partial charge in [0.15, 0.2) is 0 Å². The van der Waals surface area contributed by atoms with Crippen LogP contribution in [0.15, 0.2) is 36.5 Å².